The van der Waals surface area contributed by atoms with E-state index in [1.807, 2.05) is 19.9 Å². The van der Waals surface area contributed by atoms with Crippen molar-refractivity contribution in [3.8, 4) is 0 Å². The SMILES string of the molecule is Cc1cc(CBr)cc(C(=O)O)c1C. The molecule has 0 fully saturated rings. The quantitative estimate of drug-likeness (QED) is 0.811. The van der Waals surface area contributed by atoms with E-state index in [0.717, 1.165) is 16.7 Å². The van der Waals surface area contributed by atoms with E-state index in [-0.39, 0.29) is 0 Å². The molecule has 0 aliphatic carbocycles. The summed E-state index contributed by atoms with van der Waals surface area (Å²) in [5, 5.41) is 9.58. The van der Waals surface area contributed by atoms with Gasteiger partial charge in [0.15, 0.2) is 0 Å². The van der Waals surface area contributed by atoms with Gasteiger partial charge in [0.25, 0.3) is 0 Å². The lowest BCUT2D eigenvalue weighted by Gasteiger charge is -2.06. The van der Waals surface area contributed by atoms with E-state index < -0.39 is 5.97 Å². The Kier molecular flexibility index (Phi) is 3.09. The van der Waals surface area contributed by atoms with Crippen molar-refractivity contribution in [3.63, 3.8) is 0 Å². The van der Waals surface area contributed by atoms with E-state index in [1.165, 1.54) is 0 Å². The average Bonchev–Trinajstić information content (AvgIpc) is 2.09. The highest BCUT2D eigenvalue weighted by Gasteiger charge is 2.09. The Labute approximate surface area is 85.7 Å². The number of hydrogen-bond donors (Lipinski definition) is 1. The number of hydrogen-bond acceptors (Lipinski definition) is 1. The van der Waals surface area contributed by atoms with Crippen molar-refractivity contribution in [1.82, 2.24) is 0 Å². The molecule has 0 aliphatic rings. The van der Waals surface area contributed by atoms with Gasteiger partial charge >= 0.3 is 5.97 Å². The maximum Gasteiger partial charge on any atom is 0.335 e. The summed E-state index contributed by atoms with van der Waals surface area (Å²) in [5.74, 6) is -0.858. The van der Waals surface area contributed by atoms with E-state index >= 15 is 0 Å². The van der Waals surface area contributed by atoms with Gasteiger partial charge in [-0.15, -0.1) is 0 Å². The van der Waals surface area contributed by atoms with Gasteiger partial charge in [-0.2, -0.15) is 0 Å². The van der Waals surface area contributed by atoms with Crippen molar-refractivity contribution in [2.75, 3.05) is 0 Å². The molecule has 1 rings (SSSR count). The van der Waals surface area contributed by atoms with Gasteiger partial charge in [-0.3, -0.25) is 0 Å². The zero-order chi connectivity index (χ0) is 10.0. The molecule has 0 atom stereocenters. The van der Waals surface area contributed by atoms with Crippen LogP contribution >= 0.6 is 15.9 Å². The van der Waals surface area contributed by atoms with Crippen LogP contribution in [0.1, 0.15) is 27.0 Å². The predicted molar refractivity (Wildman–Crippen MR) is 55.5 cm³/mol. The molecule has 0 saturated heterocycles. The third-order valence-corrected chi connectivity index (χ3v) is 2.76. The molecule has 0 aromatic heterocycles. The Bertz CT molecular complexity index is 345. The molecule has 2 nitrogen and oxygen atoms in total. The van der Waals surface area contributed by atoms with E-state index in [2.05, 4.69) is 15.9 Å². The molecule has 0 unspecified atom stereocenters. The van der Waals surface area contributed by atoms with Crippen LogP contribution in [0.25, 0.3) is 0 Å². The first-order valence-corrected chi connectivity index (χ1v) is 5.07. The highest BCUT2D eigenvalue weighted by Crippen LogP contribution is 2.18. The number of carbonyl (C=O) groups is 1. The molecule has 0 aliphatic heterocycles. The first-order chi connectivity index (χ1) is 6.06. The van der Waals surface area contributed by atoms with Gasteiger partial charge in [-0.1, -0.05) is 22.0 Å². The second-order valence-corrected chi connectivity index (χ2v) is 3.58. The molecule has 1 aromatic carbocycles. The number of rotatable bonds is 2. The van der Waals surface area contributed by atoms with Crippen LogP contribution in [-0.4, -0.2) is 11.1 Å². The number of aryl methyl sites for hydroxylation is 1. The van der Waals surface area contributed by atoms with Crippen molar-refractivity contribution in [2.45, 2.75) is 19.2 Å². The van der Waals surface area contributed by atoms with E-state index in [9.17, 15) is 4.79 Å². The highest BCUT2D eigenvalue weighted by atomic mass is 79.9. The zero-order valence-electron chi connectivity index (χ0n) is 7.60. The van der Waals surface area contributed by atoms with Crippen LogP contribution in [0.15, 0.2) is 12.1 Å². The van der Waals surface area contributed by atoms with E-state index in [4.69, 9.17) is 5.11 Å². The Morgan fingerprint density at radius 2 is 2.08 bits per heavy atom. The number of aromatic carboxylic acids is 1. The fraction of sp³-hybridized carbons (Fsp3) is 0.300. The Hall–Kier alpha value is -0.830. The van der Waals surface area contributed by atoms with Crippen LogP contribution in [0.2, 0.25) is 0 Å². The van der Waals surface area contributed by atoms with Crippen LogP contribution in [0.4, 0.5) is 0 Å². The summed E-state index contributed by atoms with van der Waals surface area (Å²) >= 11 is 3.31. The van der Waals surface area contributed by atoms with E-state index in [1.54, 1.807) is 6.07 Å². The average molecular weight is 243 g/mol. The van der Waals surface area contributed by atoms with Crippen molar-refractivity contribution in [2.24, 2.45) is 0 Å². The molecule has 70 valence electrons. The minimum absolute atomic E-state index is 0.398. The first kappa shape index (κ1) is 10.3. The summed E-state index contributed by atoms with van der Waals surface area (Å²) in [6, 6.07) is 3.70. The molecule has 1 N–H and O–H groups in total. The van der Waals surface area contributed by atoms with Gasteiger partial charge in [0.05, 0.1) is 5.56 Å². The van der Waals surface area contributed by atoms with Crippen molar-refractivity contribution in [1.29, 1.82) is 0 Å². The summed E-state index contributed by atoms with van der Waals surface area (Å²) < 4.78 is 0. The van der Waals surface area contributed by atoms with Crippen LogP contribution in [0.5, 0.6) is 0 Å². The van der Waals surface area contributed by atoms with Crippen LogP contribution in [0, 0.1) is 13.8 Å². The summed E-state index contributed by atoms with van der Waals surface area (Å²) in [6.07, 6.45) is 0. The smallest absolute Gasteiger partial charge is 0.335 e. The van der Waals surface area contributed by atoms with Gasteiger partial charge < -0.3 is 5.11 Å². The number of carboxylic acids is 1. The van der Waals surface area contributed by atoms with Crippen molar-refractivity contribution >= 4 is 21.9 Å². The minimum atomic E-state index is -0.858. The lowest BCUT2D eigenvalue weighted by molar-refractivity contribution is 0.0696. The number of alkyl halides is 1. The monoisotopic (exact) mass is 242 g/mol. The molecule has 0 spiro atoms. The molecular formula is C10H11BrO2. The number of halogens is 1. The predicted octanol–water partition coefficient (Wildman–Crippen LogP) is 2.90. The fourth-order valence-electron chi connectivity index (χ4n) is 1.23. The molecule has 13 heavy (non-hydrogen) atoms. The maximum absolute atomic E-state index is 10.8. The van der Waals surface area contributed by atoms with Gasteiger partial charge in [0.2, 0.25) is 0 Å². The van der Waals surface area contributed by atoms with Crippen LogP contribution in [0.3, 0.4) is 0 Å². The normalized spacial score (nSPS) is 10.1. The fourth-order valence-corrected chi connectivity index (χ4v) is 1.56. The molecule has 0 saturated carbocycles. The summed E-state index contributed by atoms with van der Waals surface area (Å²) in [6.45, 7) is 3.75. The maximum atomic E-state index is 10.8. The molecule has 0 amide bonds. The number of benzene rings is 1. The van der Waals surface area contributed by atoms with Gasteiger partial charge in [0.1, 0.15) is 0 Å². The Morgan fingerprint density at radius 3 is 2.54 bits per heavy atom. The van der Waals surface area contributed by atoms with Gasteiger partial charge in [-0.25, -0.2) is 4.79 Å². The van der Waals surface area contributed by atoms with Gasteiger partial charge in [0, 0.05) is 5.33 Å². The molecular weight excluding hydrogens is 232 g/mol. The highest BCUT2D eigenvalue weighted by molar-refractivity contribution is 9.08. The largest absolute Gasteiger partial charge is 0.478 e. The van der Waals surface area contributed by atoms with Crippen LogP contribution < -0.4 is 0 Å². The molecule has 0 radical (unpaired) electrons. The second kappa shape index (κ2) is 3.92. The number of carboxylic acid groups (broad SMARTS) is 1. The third-order valence-electron chi connectivity index (χ3n) is 2.11. The first-order valence-electron chi connectivity index (χ1n) is 3.95. The Morgan fingerprint density at radius 1 is 1.46 bits per heavy atom. The Balaban J connectivity index is 3.33. The summed E-state index contributed by atoms with van der Waals surface area (Å²) in [5.41, 5.74) is 3.27. The lowest BCUT2D eigenvalue weighted by Crippen LogP contribution is -2.02. The molecule has 1 aromatic rings. The lowest BCUT2D eigenvalue weighted by atomic mass is 10.0. The summed E-state index contributed by atoms with van der Waals surface area (Å²) in [4.78, 5) is 10.8. The summed E-state index contributed by atoms with van der Waals surface area (Å²) in [7, 11) is 0. The second-order valence-electron chi connectivity index (χ2n) is 3.02. The standard InChI is InChI=1S/C10H11BrO2/c1-6-3-8(5-11)4-9(7(6)2)10(12)13/h3-4H,5H2,1-2H3,(H,12,13). The molecule has 0 bridgehead atoms. The van der Waals surface area contributed by atoms with E-state index in [0.29, 0.717) is 10.9 Å². The van der Waals surface area contributed by atoms with Crippen LogP contribution in [-0.2, 0) is 5.33 Å². The van der Waals surface area contributed by atoms with Crippen molar-refractivity contribution in [3.05, 3.63) is 34.4 Å². The molecule has 0 heterocycles. The van der Waals surface area contributed by atoms with Gasteiger partial charge in [-0.05, 0) is 36.6 Å². The zero-order valence-corrected chi connectivity index (χ0v) is 9.18. The van der Waals surface area contributed by atoms with Crippen molar-refractivity contribution < 1.29 is 9.90 Å². The minimum Gasteiger partial charge on any atom is -0.478 e. The molecule has 3 heteroatoms. The topological polar surface area (TPSA) is 37.3 Å². The third kappa shape index (κ3) is 2.10.